The van der Waals surface area contributed by atoms with E-state index in [0.29, 0.717) is 18.3 Å². The number of hydrogen-bond donors (Lipinski definition) is 1. The highest BCUT2D eigenvalue weighted by atomic mass is 32.1. The smallest absolute Gasteiger partial charge is 0.269 e. The number of nitrogens with zero attached hydrogens (tertiary/aromatic N) is 3. The summed E-state index contributed by atoms with van der Waals surface area (Å²) >= 11 is 1.50. The summed E-state index contributed by atoms with van der Waals surface area (Å²) in [6.07, 6.45) is 1.71. The maximum Gasteiger partial charge on any atom is 0.269 e. The second-order valence-corrected chi connectivity index (χ2v) is 5.25. The maximum atomic E-state index is 6.02. The Balaban J connectivity index is 2.27. The van der Waals surface area contributed by atoms with Crippen LogP contribution in [0.2, 0.25) is 0 Å². The number of methoxy groups -OCH3 is 1. The van der Waals surface area contributed by atoms with Gasteiger partial charge in [-0.15, -0.1) is 11.3 Å². The van der Waals surface area contributed by atoms with Gasteiger partial charge in [-0.2, -0.15) is 4.98 Å². The second-order valence-electron chi connectivity index (χ2n) is 4.02. The van der Waals surface area contributed by atoms with Crippen LogP contribution in [0.3, 0.4) is 0 Å². The molecule has 7 heteroatoms. The number of hydrogen-bond acceptors (Lipinski definition) is 7. The predicted molar refractivity (Wildman–Crippen MR) is 63.6 cm³/mol. The molecule has 0 aliphatic carbocycles. The molecule has 0 aromatic carbocycles. The highest BCUT2D eigenvalue weighted by Crippen LogP contribution is 2.25. The predicted octanol–water partition coefficient (Wildman–Crippen LogP) is 1.32. The lowest BCUT2D eigenvalue weighted by atomic mass is 10.1. The molecule has 2 aromatic heterocycles. The van der Waals surface area contributed by atoms with Crippen molar-refractivity contribution < 1.29 is 9.26 Å². The first-order valence-corrected chi connectivity index (χ1v) is 5.89. The highest BCUT2D eigenvalue weighted by molar-refractivity contribution is 7.14. The minimum Gasteiger partial charge on any atom is -0.382 e. The van der Waals surface area contributed by atoms with Gasteiger partial charge in [0, 0.05) is 7.11 Å². The third-order valence-corrected chi connectivity index (χ3v) is 3.11. The van der Waals surface area contributed by atoms with E-state index in [2.05, 4.69) is 15.1 Å². The summed E-state index contributed by atoms with van der Waals surface area (Å²) in [4.78, 5) is 9.25. The van der Waals surface area contributed by atoms with E-state index in [0.717, 1.165) is 9.88 Å². The van der Waals surface area contributed by atoms with Gasteiger partial charge in [0.25, 0.3) is 5.89 Å². The van der Waals surface area contributed by atoms with E-state index >= 15 is 0 Å². The Morgan fingerprint density at radius 1 is 1.59 bits per heavy atom. The van der Waals surface area contributed by atoms with Crippen LogP contribution < -0.4 is 5.73 Å². The SMILES string of the molecule is COCC(C)(N)c1noc(-c2cnc(C)s2)n1. The van der Waals surface area contributed by atoms with Gasteiger partial charge in [0.2, 0.25) is 0 Å². The lowest BCUT2D eigenvalue weighted by Gasteiger charge is -2.18. The average Bonchev–Trinajstić information content (AvgIpc) is 2.85. The Kier molecular flexibility index (Phi) is 3.23. The number of thiazole rings is 1. The zero-order valence-electron chi connectivity index (χ0n) is 9.93. The molecule has 0 fully saturated rings. The van der Waals surface area contributed by atoms with Gasteiger partial charge in [0.1, 0.15) is 10.4 Å². The molecule has 1 atom stereocenters. The molecule has 0 radical (unpaired) electrons. The molecule has 0 bridgehead atoms. The molecule has 2 rings (SSSR count). The molecule has 0 saturated carbocycles. The molecular formula is C10H14N4O2S. The van der Waals surface area contributed by atoms with E-state index in [9.17, 15) is 0 Å². The first-order chi connectivity index (χ1) is 8.03. The van der Waals surface area contributed by atoms with Gasteiger partial charge >= 0.3 is 0 Å². The first-order valence-electron chi connectivity index (χ1n) is 5.08. The number of ether oxygens (including phenoxy) is 1. The van der Waals surface area contributed by atoms with E-state index in [1.165, 1.54) is 11.3 Å². The number of aryl methyl sites for hydroxylation is 1. The third-order valence-electron chi connectivity index (χ3n) is 2.21. The topological polar surface area (TPSA) is 87.1 Å². The lowest BCUT2D eigenvalue weighted by molar-refractivity contribution is 0.135. The molecule has 2 N–H and O–H groups in total. The second kappa shape index (κ2) is 4.52. The summed E-state index contributed by atoms with van der Waals surface area (Å²) < 4.78 is 10.2. The molecule has 6 nitrogen and oxygen atoms in total. The Morgan fingerprint density at radius 3 is 2.94 bits per heavy atom. The Morgan fingerprint density at radius 2 is 2.35 bits per heavy atom. The first kappa shape index (κ1) is 12.2. The molecule has 0 aliphatic rings. The van der Waals surface area contributed by atoms with Gasteiger partial charge in [-0.25, -0.2) is 4.98 Å². The van der Waals surface area contributed by atoms with Gasteiger partial charge in [-0.3, -0.25) is 0 Å². The van der Waals surface area contributed by atoms with Crippen molar-refractivity contribution in [3.05, 3.63) is 17.0 Å². The van der Waals surface area contributed by atoms with E-state index in [1.807, 2.05) is 6.92 Å². The van der Waals surface area contributed by atoms with Crippen molar-refractivity contribution in [2.45, 2.75) is 19.4 Å². The van der Waals surface area contributed by atoms with Crippen molar-refractivity contribution in [1.29, 1.82) is 0 Å². The van der Waals surface area contributed by atoms with Crippen LogP contribution in [0.4, 0.5) is 0 Å². The van der Waals surface area contributed by atoms with E-state index < -0.39 is 5.54 Å². The van der Waals surface area contributed by atoms with Crippen LogP contribution in [0.5, 0.6) is 0 Å². The molecule has 92 valence electrons. The fourth-order valence-corrected chi connectivity index (χ4v) is 2.08. The zero-order chi connectivity index (χ0) is 12.5. The molecular weight excluding hydrogens is 240 g/mol. The Hall–Kier alpha value is -1.31. The summed E-state index contributed by atoms with van der Waals surface area (Å²) in [5.74, 6) is 0.874. The van der Waals surface area contributed by atoms with Gasteiger partial charge in [-0.05, 0) is 13.8 Å². The van der Waals surface area contributed by atoms with Crippen LogP contribution in [0.15, 0.2) is 10.7 Å². The summed E-state index contributed by atoms with van der Waals surface area (Å²) in [6.45, 7) is 4.04. The third kappa shape index (κ3) is 2.51. The van der Waals surface area contributed by atoms with Crippen molar-refractivity contribution >= 4 is 11.3 Å². The summed E-state index contributed by atoms with van der Waals surface area (Å²) in [7, 11) is 1.58. The normalized spacial score (nSPS) is 14.8. The van der Waals surface area contributed by atoms with Gasteiger partial charge in [0.05, 0.1) is 17.8 Å². The largest absolute Gasteiger partial charge is 0.382 e. The van der Waals surface area contributed by atoms with E-state index in [1.54, 1.807) is 20.2 Å². The highest BCUT2D eigenvalue weighted by Gasteiger charge is 2.28. The van der Waals surface area contributed by atoms with Gasteiger partial charge in [0.15, 0.2) is 5.82 Å². The molecule has 2 aromatic rings. The van der Waals surface area contributed by atoms with Crippen LogP contribution in [-0.4, -0.2) is 28.8 Å². The number of aromatic nitrogens is 3. The molecule has 0 saturated heterocycles. The fourth-order valence-electron chi connectivity index (χ4n) is 1.38. The van der Waals surface area contributed by atoms with Crippen LogP contribution >= 0.6 is 11.3 Å². The van der Waals surface area contributed by atoms with Crippen LogP contribution in [0.25, 0.3) is 10.8 Å². The van der Waals surface area contributed by atoms with E-state index in [4.69, 9.17) is 15.0 Å². The number of nitrogens with two attached hydrogens (primary N) is 1. The molecule has 17 heavy (non-hydrogen) atoms. The van der Waals surface area contributed by atoms with Crippen molar-refractivity contribution in [3.63, 3.8) is 0 Å². The van der Waals surface area contributed by atoms with Crippen molar-refractivity contribution in [2.75, 3.05) is 13.7 Å². The lowest BCUT2D eigenvalue weighted by Crippen LogP contribution is -2.38. The standard InChI is InChI=1S/C10H14N4O2S/c1-6-12-4-7(17-6)8-13-9(14-16-8)10(2,11)5-15-3/h4H,5,11H2,1-3H3. The minimum absolute atomic E-state index is 0.327. The molecule has 0 aliphatic heterocycles. The molecule has 0 amide bonds. The minimum atomic E-state index is -0.754. The summed E-state index contributed by atoms with van der Waals surface area (Å²) in [5, 5.41) is 4.83. The van der Waals surface area contributed by atoms with Crippen LogP contribution in [0, 0.1) is 6.92 Å². The molecule has 2 heterocycles. The maximum absolute atomic E-state index is 6.02. The van der Waals surface area contributed by atoms with Crippen molar-refractivity contribution in [2.24, 2.45) is 5.73 Å². The zero-order valence-corrected chi connectivity index (χ0v) is 10.7. The number of rotatable bonds is 4. The fraction of sp³-hybridized carbons (Fsp3) is 0.500. The molecule has 0 spiro atoms. The van der Waals surface area contributed by atoms with Crippen molar-refractivity contribution in [1.82, 2.24) is 15.1 Å². The Labute approximate surface area is 103 Å². The van der Waals surface area contributed by atoms with Crippen molar-refractivity contribution in [3.8, 4) is 10.8 Å². The van der Waals surface area contributed by atoms with E-state index in [-0.39, 0.29) is 0 Å². The summed E-state index contributed by atoms with van der Waals surface area (Å²) in [6, 6.07) is 0. The quantitative estimate of drug-likeness (QED) is 0.885. The van der Waals surface area contributed by atoms with Crippen LogP contribution in [0.1, 0.15) is 17.8 Å². The van der Waals surface area contributed by atoms with Gasteiger partial charge < -0.3 is 15.0 Å². The summed E-state index contributed by atoms with van der Waals surface area (Å²) in [5.41, 5.74) is 5.27. The average molecular weight is 254 g/mol. The van der Waals surface area contributed by atoms with Crippen LogP contribution in [-0.2, 0) is 10.3 Å². The van der Waals surface area contributed by atoms with Gasteiger partial charge in [-0.1, -0.05) is 5.16 Å². The Bertz CT molecular complexity index is 506. The monoisotopic (exact) mass is 254 g/mol. The molecule has 1 unspecified atom stereocenters.